The number of benzene rings is 2. The molecule has 1 amide bonds. The van der Waals surface area contributed by atoms with Crippen LogP contribution in [0.3, 0.4) is 0 Å². The minimum atomic E-state index is -0.260. The summed E-state index contributed by atoms with van der Waals surface area (Å²) in [6, 6.07) is 21.3. The molecule has 7 aromatic rings. The zero-order chi connectivity index (χ0) is 49.8. The molecule has 0 fully saturated rings. The first-order valence-electron chi connectivity index (χ1n) is 25.0. The van der Waals surface area contributed by atoms with Gasteiger partial charge in [0.1, 0.15) is 33.5 Å². The fourth-order valence-corrected chi connectivity index (χ4v) is 12.8. The van der Waals surface area contributed by atoms with Gasteiger partial charge in [-0.15, -0.1) is 22.7 Å². The van der Waals surface area contributed by atoms with Crippen LogP contribution in [0, 0.1) is 19.8 Å². The first kappa shape index (κ1) is 50.7. The molecule has 70 heavy (non-hydrogen) atoms. The van der Waals surface area contributed by atoms with Crippen molar-refractivity contribution in [2.75, 3.05) is 57.2 Å². The van der Waals surface area contributed by atoms with Crippen LogP contribution in [0.1, 0.15) is 135 Å². The molecule has 6 N–H and O–H groups in total. The number of ether oxygens (including phenoxy) is 2. The molecule has 3 unspecified atom stereocenters. The normalized spacial score (nSPS) is 18.0. The summed E-state index contributed by atoms with van der Waals surface area (Å²) in [5.41, 5.74) is 24.4. The first-order valence-corrected chi connectivity index (χ1v) is 26.6. The van der Waals surface area contributed by atoms with Gasteiger partial charge in [-0.3, -0.25) is 14.1 Å². The maximum atomic E-state index is 12.2. The SMILES string of the molecule is CC(C)C1Cc2sc3c(c2C(=O)N1)CCCC3.CC1CN(C)C(C)c2c1oc1ccc(N)cc21.CCOC(=O)c1c(N)sc2c1CCC2.COCCNc1c(-c2ccc(C)cc2)nc2cccc(C)n12. The van der Waals surface area contributed by atoms with Crippen molar-refractivity contribution in [1.82, 2.24) is 19.6 Å². The highest BCUT2D eigenvalue weighted by molar-refractivity contribution is 7.16. The van der Waals surface area contributed by atoms with Gasteiger partial charge >= 0.3 is 5.97 Å². The van der Waals surface area contributed by atoms with Crippen LogP contribution in [0.25, 0.3) is 27.9 Å². The van der Waals surface area contributed by atoms with Crippen molar-refractivity contribution in [3.8, 4) is 11.3 Å². The summed E-state index contributed by atoms with van der Waals surface area (Å²) in [5.74, 6) is 3.05. The van der Waals surface area contributed by atoms with E-state index in [2.05, 4.69) is 98.9 Å². The van der Waals surface area contributed by atoms with Gasteiger partial charge in [-0.2, -0.15) is 0 Å². The standard InChI is InChI=1S/C18H21N3O.C14H18N2O.C14H19NOS.C10H13NO2S/c1-13-7-9-15(10-8-13)17-18(19-11-12-22-3)21-14(2)5-4-6-16(21)20-17;1-8-7-16(3)9(2)13-11-6-10(15)4-5-12(11)17-14(8)13;1-8(2)10-7-12-13(14(16)15-10)9-5-3-4-6-11(9)17-12;1-2-13-10(12)8-6-4-3-5-7(6)14-9(8)11/h4-10,19H,11-12H2,1-3H3;4-6,8-9H,7,15H2,1-3H3;8,10H,3-7H2,1-2H3,(H,15,16);2-5,11H2,1H3. The number of nitrogens with one attached hydrogen (secondary N) is 2. The molecule has 0 radical (unpaired) electrons. The molecule has 0 spiro atoms. The van der Waals surface area contributed by atoms with E-state index in [0.717, 1.165) is 102 Å². The summed E-state index contributed by atoms with van der Waals surface area (Å²) >= 11 is 3.44. The largest absolute Gasteiger partial charge is 0.462 e. The Morgan fingerprint density at radius 3 is 2.43 bits per heavy atom. The zero-order valence-electron chi connectivity index (χ0n) is 42.4. The molecular weight excluding hydrogens is 915 g/mol. The molecule has 0 saturated heterocycles. The van der Waals surface area contributed by atoms with Crippen LogP contribution in [0.2, 0.25) is 0 Å². The molecule has 3 atom stereocenters. The highest BCUT2D eigenvalue weighted by atomic mass is 32.1. The van der Waals surface area contributed by atoms with Crippen molar-refractivity contribution in [2.45, 2.75) is 118 Å². The Balaban J connectivity index is 0.000000127. The van der Waals surface area contributed by atoms with Gasteiger partial charge in [-0.25, -0.2) is 9.78 Å². The number of thiophene rings is 2. The summed E-state index contributed by atoms with van der Waals surface area (Å²) < 4.78 is 18.3. The Labute approximate surface area is 421 Å². The topological polar surface area (TPSA) is 162 Å². The van der Waals surface area contributed by atoms with E-state index in [0.29, 0.717) is 47.7 Å². The minimum absolute atomic E-state index is 0.185. The average Bonchev–Trinajstić information content (AvgIpc) is 4.17. The van der Waals surface area contributed by atoms with Crippen molar-refractivity contribution in [2.24, 2.45) is 5.92 Å². The number of methoxy groups -OCH3 is 1. The average molecular weight is 986 g/mol. The van der Waals surface area contributed by atoms with Gasteiger partial charge in [-0.05, 0) is 127 Å². The molecule has 0 saturated carbocycles. The smallest absolute Gasteiger partial charge is 0.341 e. The summed E-state index contributed by atoms with van der Waals surface area (Å²) in [7, 11) is 3.87. The van der Waals surface area contributed by atoms with Crippen molar-refractivity contribution in [3.05, 3.63) is 120 Å². The fraction of sp³-hybridized carbons (Fsp3) is 0.446. The number of furan rings is 1. The number of amides is 1. The van der Waals surface area contributed by atoms with E-state index in [1.54, 1.807) is 14.0 Å². The molecule has 2 aliphatic carbocycles. The summed E-state index contributed by atoms with van der Waals surface area (Å²) in [4.78, 5) is 35.1. The predicted molar refractivity (Wildman–Crippen MR) is 288 cm³/mol. The number of carbonyl (C=O) groups excluding carboxylic acids is 2. The molecule has 7 heterocycles. The Bertz CT molecular complexity index is 2960. The number of hydrogen-bond donors (Lipinski definition) is 4. The zero-order valence-corrected chi connectivity index (χ0v) is 44.1. The molecule has 372 valence electrons. The van der Waals surface area contributed by atoms with Crippen molar-refractivity contribution in [3.63, 3.8) is 0 Å². The molecule has 5 aromatic heterocycles. The Kier molecular flexibility index (Phi) is 16.1. The molecular formula is C56H71N7O5S2. The summed E-state index contributed by atoms with van der Waals surface area (Å²) in [6.45, 7) is 17.7. The third-order valence-electron chi connectivity index (χ3n) is 14.1. The number of aryl methyl sites for hydroxylation is 4. The van der Waals surface area contributed by atoms with Crippen LogP contribution < -0.4 is 22.1 Å². The molecule has 14 heteroatoms. The number of hydrogen-bond acceptors (Lipinski definition) is 12. The Morgan fingerprint density at radius 2 is 1.69 bits per heavy atom. The predicted octanol–water partition coefficient (Wildman–Crippen LogP) is 11.7. The molecule has 0 bridgehead atoms. The quantitative estimate of drug-likeness (QED) is 0.0655. The number of fused-ring (bicyclic) bond motifs is 8. The number of nitrogens with zero attached hydrogens (tertiary/aromatic N) is 3. The summed E-state index contributed by atoms with van der Waals surface area (Å²) in [6.07, 6.45) is 9.04. The lowest BCUT2D eigenvalue weighted by Crippen LogP contribution is -2.44. The lowest BCUT2D eigenvalue weighted by molar-refractivity contribution is 0.0526. The number of likely N-dealkylation sites (N-methyl/N-ethyl adjacent to an activating group) is 1. The lowest BCUT2D eigenvalue weighted by Gasteiger charge is -2.32. The van der Waals surface area contributed by atoms with E-state index in [4.69, 9.17) is 30.3 Å². The van der Waals surface area contributed by atoms with Crippen LogP contribution in [0.4, 0.5) is 16.5 Å². The van der Waals surface area contributed by atoms with Crippen molar-refractivity contribution >= 4 is 67.7 Å². The van der Waals surface area contributed by atoms with Crippen LogP contribution in [0.15, 0.2) is 65.1 Å². The molecule has 4 aliphatic rings. The van der Waals surface area contributed by atoms with E-state index in [9.17, 15) is 9.59 Å². The van der Waals surface area contributed by atoms with Crippen LogP contribution >= 0.6 is 22.7 Å². The monoisotopic (exact) mass is 985 g/mol. The maximum Gasteiger partial charge on any atom is 0.341 e. The second-order valence-corrected chi connectivity index (χ2v) is 21.8. The van der Waals surface area contributed by atoms with Gasteiger partial charge in [0.05, 0.1) is 24.3 Å². The van der Waals surface area contributed by atoms with E-state index in [1.165, 1.54) is 67.3 Å². The number of nitrogen functional groups attached to an aromatic ring is 2. The highest BCUT2D eigenvalue weighted by Crippen LogP contribution is 2.42. The molecule has 2 aliphatic heterocycles. The number of anilines is 3. The number of aromatic nitrogens is 2. The van der Waals surface area contributed by atoms with Crippen LogP contribution in [-0.2, 0) is 41.6 Å². The van der Waals surface area contributed by atoms with Crippen LogP contribution in [0.5, 0.6) is 0 Å². The first-order chi connectivity index (χ1) is 33.7. The van der Waals surface area contributed by atoms with Crippen molar-refractivity contribution < 1.29 is 23.5 Å². The minimum Gasteiger partial charge on any atom is -0.462 e. The van der Waals surface area contributed by atoms with Gasteiger partial charge in [0.2, 0.25) is 0 Å². The second-order valence-electron chi connectivity index (χ2n) is 19.5. The molecule has 2 aromatic carbocycles. The number of nitrogens with two attached hydrogens (primary N) is 2. The third-order valence-corrected chi connectivity index (χ3v) is 16.5. The van der Waals surface area contributed by atoms with Crippen molar-refractivity contribution in [1.29, 1.82) is 0 Å². The third kappa shape index (κ3) is 10.7. The highest BCUT2D eigenvalue weighted by Gasteiger charge is 2.34. The number of carbonyl (C=O) groups is 2. The van der Waals surface area contributed by atoms with E-state index in [-0.39, 0.29) is 11.9 Å². The Morgan fingerprint density at radius 1 is 0.957 bits per heavy atom. The van der Waals surface area contributed by atoms with Gasteiger partial charge in [0.25, 0.3) is 5.91 Å². The maximum absolute atomic E-state index is 12.2. The van der Waals surface area contributed by atoms with Gasteiger partial charge in [0, 0.05) is 87.1 Å². The van der Waals surface area contributed by atoms with Gasteiger partial charge < -0.3 is 36.0 Å². The summed E-state index contributed by atoms with van der Waals surface area (Å²) in [5, 5.41) is 8.43. The Hall–Kier alpha value is -5.67. The lowest BCUT2D eigenvalue weighted by atomic mass is 9.89. The van der Waals surface area contributed by atoms with Crippen LogP contribution in [-0.4, -0.2) is 72.7 Å². The van der Waals surface area contributed by atoms with E-state index in [1.807, 2.05) is 41.7 Å². The number of pyridine rings is 1. The molecule has 12 nitrogen and oxygen atoms in total. The van der Waals surface area contributed by atoms with Gasteiger partial charge in [0.15, 0.2) is 0 Å². The second kappa shape index (κ2) is 22.2. The fourth-order valence-electron chi connectivity index (χ4n) is 10.2. The van der Waals surface area contributed by atoms with E-state index < -0.39 is 0 Å². The van der Waals surface area contributed by atoms with Gasteiger partial charge in [-0.1, -0.05) is 56.7 Å². The van der Waals surface area contributed by atoms with E-state index >= 15 is 0 Å². The molecule has 11 rings (SSSR count). The number of esters is 1. The number of imidazole rings is 1. The number of rotatable bonds is 8.